The molecule has 0 aliphatic rings. The van der Waals surface area contributed by atoms with Crippen molar-refractivity contribution in [2.45, 2.75) is 31.1 Å². The van der Waals surface area contributed by atoms with Gasteiger partial charge in [-0.3, -0.25) is 9.78 Å². The Morgan fingerprint density at radius 3 is 2.50 bits per heavy atom. The molecule has 1 aromatic carbocycles. The fraction of sp³-hybridized carbons (Fsp3) is 0.333. The van der Waals surface area contributed by atoms with E-state index >= 15 is 0 Å². The van der Waals surface area contributed by atoms with Gasteiger partial charge < -0.3 is 5.32 Å². The van der Waals surface area contributed by atoms with Crippen molar-refractivity contribution in [3.8, 4) is 0 Å². The van der Waals surface area contributed by atoms with Crippen molar-refractivity contribution in [3.63, 3.8) is 0 Å². The van der Waals surface area contributed by atoms with Gasteiger partial charge in [0, 0.05) is 29.6 Å². The van der Waals surface area contributed by atoms with Crippen LogP contribution in [0.15, 0.2) is 53.7 Å². The minimum Gasteiger partial charge on any atom is -0.351 e. The molecule has 3 nitrogen and oxygen atoms in total. The first-order valence-electron chi connectivity index (χ1n) is 7.38. The number of pyridine rings is 1. The third kappa shape index (κ3) is 4.88. The zero-order chi connectivity index (χ0) is 16.0. The molecule has 0 radical (unpaired) electrons. The standard InChI is InChI=1S/C18H22N2OS/c1-18(2,3)15-6-8-16(9-7-15)22-12-11-20-17(21)14-5-4-10-19-13-14/h4-10,13H,11-12H2,1-3H3,(H,20,21). The molecule has 1 amide bonds. The predicted octanol–water partition coefficient (Wildman–Crippen LogP) is 3.90. The molecule has 4 heteroatoms. The second-order valence-electron chi connectivity index (χ2n) is 6.12. The van der Waals surface area contributed by atoms with Crippen LogP contribution in [0.25, 0.3) is 0 Å². The number of aromatic nitrogens is 1. The van der Waals surface area contributed by atoms with Crippen LogP contribution in [0.1, 0.15) is 36.7 Å². The summed E-state index contributed by atoms with van der Waals surface area (Å²) in [5.41, 5.74) is 2.12. The molecule has 0 aliphatic carbocycles. The Morgan fingerprint density at radius 2 is 1.91 bits per heavy atom. The monoisotopic (exact) mass is 314 g/mol. The smallest absolute Gasteiger partial charge is 0.252 e. The Kier molecular flexibility index (Phi) is 5.61. The lowest BCUT2D eigenvalue weighted by Crippen LogP contribution is -2.25. The summed E-state index contributed by atoms with van der Waals surface area (Å²) in [6.45, 7) is 7.27. The molecule has 1 heterocycles. The maximum atomic E-state index is 11.9. The van der Waals surface area contributed by atoms with Crippen LogP contribution in [0, 0.1) is 0 Å². The van der Waals surface area contributed by atoms with Crippen molar-refractivity contribution < 1.29 is 4.79 Å². The summed E-state index contributed by atoms with van der Waals surface area (Å²) in [6, 6.07) is 12.2. The van der Waals surface area contributed by atoms with Crippen molar-refractivity contribution in [1.29, 1.82) is 0 Å². The molecule has 22 heavy (non-hydrogen) atoms. The molecule has 0 spiro atoms. The van der Waals surface area contributed by atoms with E-state index in [2.05, 4.69) is 55.3 Å². The Bertz CT molecular complexity index is 603. The topological polar surface area (TPSA) is 42.0 Å². The molecule has 0 fully saturated rings. The van der Waals surface area contributed by atoms with Gasteiger partial charge in [-0.25, -0.2) is 0 Å². The van der Waals surface area contributed by atoms with Gasteiger partial charge in [0.2, 0.25) is 0 Å². The van der Waals surface area contributed by atoms with Crippen molar-refractivity contribution in [2.75, 3.05) is 12.3 Å². The molecule has 0 atom stereocenters. The van der Waals surface area contributed by atoms with Crippen LogP contribution in [-0.2, 0) is 5.41 Å². The summed E-state index contributed by atoms with van der Waals surface area (Å²) in [7, 11) is 0. The largest absolute Gasteiger partial charge is 0.351 e. The second-order valence-corrected chi connectivity index (χ2v) is 7.29. The highest BCUT2D eigenvalue weighted by Crippen LogP contribution is 2.25. The van der Waals surface area contributed by atoms with Gasteiger partial charge in [-0.05, 0) is 35.2 Å². The summed E-state index contributed by atoms with van der Waals surface area (Å²) in [5, 5.41) is 2.91. The fourth-order valence-corrected chi connectivity index (χ4v) is 2.75. The molecule has 2 aromatic rings. The first-order valence-corrected chi connectivity index (χ1v) is 8.37. The van der Waals surface area contributed by atoms with Gasteiger partial charge in [-0.2, -0.15) is 0 Å². The van der Waals surface area contributed by atoms with Crippen molar-refractivity contribution in [2.24, 2.45) is 0 Å². The minimum atomic E-state index is -0.0724. The van der Waals surface area contributed by atoms with E-state index in [1.54, 1.807) is 36.3 Å². The van der Waals surface area contributed by atoms with Crippen LogP contribution >= 0.6 is 11.8 Å². The Labute approximate surface area is 136 Å². The molecule has 0 bridgehead atoms. The third-order valence-corrected chi connectivity index (χ3v) is 4.31. The second kappa shape index (κ2) is 7.45. The van der Waals surface area contributed by atoms with Gasteiger partial charge in [0.1, 0.15) is 0 Å². The van der Waals surface area contributed by atoms with Crippen LogP contribution in [0.3, 0.4) is 0 Å². The van der Waals surface area contributed by atoms with Crippen molar-refractivity contribution >= 4 is 17.7 Å². The first kappa shape index (κ1) is 16.6. The molecular formula is C18H22N2OS. The lowest BCUT2D eigenvalue weighted by atomic mass is 9.87. The van der Waals surface area contributed by atoms with Gasteiger partial charge in [0.25, 0.3) is 5.91 Å². The fourth-order valence-electron chi connectivity index (χ4n) is 1.98. The highest BCUT2D eigenvalue weighted by atomic mass is 32.2. The molecule has 0 aliphatic heterocycles. The number of hydrogen-bond acceptors (Lipinski definition) is 3. The number of carbonyl (C=O) groups is 1. The third-order valence-electron chi connectivity index (χ3n) is 3.30. The zero-order valence-corrected chi connectivity index (χ0v) is 14.1. The van der Waals surface area contributed by atoms with Crippen LogP contribution in [0.5, 0.6) is 0 Å². The summed E-state index contributed by atoms with van der Waals surface area (Å²) >= 11 is 1.75. The molecule has 116 valence electrons. The summed E-state index contributed by atoms with van der Waals surface area (Å²) in [5.74, 6) is 0.776. The van der Waals surface area contributed by atoms with E-state index in [0.29, 0.717) is 12.1 Å². The number of amides is 1. The van der Waals surface area contributed by atoms with Crippen LogP contribution in [0.4, 0.5) is 0 Å². The minimum absolute atomic E-state index is 0.0724. The van der Waals surface area contributed by atoms with E-state index in [1.807, 2.05) is 0 Å². The van der Waals surface area contributed by atoms with Gasteiger partial charge >= 0.3 is 0 Å². The number of hydrogen-bond donors (Lipinski definition) is 1. The molecule has 0 saturated heterocycles. The van der Waals surface area contributed by atoms with E-state index in [0.717, 1.165) is 5.75 Å². The summed E-state index contributed by atoms with van der Waals surface area (Å²) in [6.07, 6.45) is 3.24. The molecule has 1 aromatic heterocycles. The molecule has 2 rings (SSSR count). The average molecular weight is 314 g/mol. The molecule has 0 saturated carbocycles. The van der Waals surface area contributed by atoms with E-state index in [9.17, 15) is 4.79 Å². The van der Waals surface area contributed by atoms with Gasteiger partial charge in [-0.15, -0.1) is 11.8 Å². The summed E-state index contributed by atoms with van der Waals surface area (Å²) in [4.78, 5) is 17.0. The first-order chi connectivity index (χ1) is 10.5. The highest BCUT2D eigenvalue weighted by molar-refractivity contribution is 7.99. The summed E-state index contributed by atoms with van der Waals surface area (Å²) < 4.78 is 0. The number of carbonyl (C=O) groups excluding carboxylic acids is 1. The molecular weight excluding hydrogens is 292 g/mol. The van der Waals surface area contributed by atoms with Crippen LogP contribution in [-0.4, -0.2) is 23.2 Å². The molecule has 1 N–H and O–H groups in total. The van der Waals surface area contributed by atoms with Crippen molar-refractivity contribution in [3.05, 3.63) is 59.9 Å². The van der Waals surface area contributed by atoms with Gasteiger partial charge in [0.05, 0.1) is 5.56 Å². The van der Waals surface area contributed by atoms with Crippen molar-refractivity contribution in [1.82, 2.24) is 10.3 Å². The molecule has 0 unspecified atom stereocenters. The van der Waals surface area contributed by atoms with E-state index in [-0.39, 0.29) is 11.3 Å². The van der Waals surface area contributed by atoms with Gasteiger partial charge in [0.15, 0.2) is 0 Å². The lowest BCUT2D eigenvalue weighted by Gasteiger charge is -2.19. The quantitative estimate of drug-likeness (QED) is 0.672. The number of nitrogens with zero attached hydrogens (tertiary/aromatic N) is 1. The SMILES string of the molecule is CC(C)(C)c1ccc(SCCNC(=O)c2cccnc2)cc1. The Balaban J connectivity index is 1.76. The number of benzene rings is 1. The normalized spacial score (nSPS) is 11.2. The van der Waals surface area contributed by atoms with E-state index in [1.165, 1.54) is 10.5 Å². The number of nitrogens with one attached hydrogen (secondary N) is 1. The lowest BCUT2D eigenvalue weighted by molar-refractivity contribution is 0.0956. The predicted molar refractivity (Wildman–Crippen MR) is 92.4 cm³/mol. The maximum Gasteiger partial charge on any atom is 0.252 e. The Hall–Kier alpha value is -1.81. The van der Waals surface area contributed by atoms with E-state index in [4.69, 9.17) is 0 Å². The van der Waals surface area contributed by atoms with E-state index < -0.39 is 0 Å². The highest BCUT2D eigenvalue weighted by Gasteiger charge is 2.12. The van der Waals surface area contributed by atoms with Crippen LogP contribution in [0.2, 0.25) is 0 Å². The van der Waals surface area contributed by atoms with Crippen LogP contribution < -0.4 is 5.32 Å². The zero-order valence-electron chi connectivity index (χ0n) is 13.3. The Morgan fingerprint density at radius 1 is 1.18 bits per heavy atom. The van der Waals surface area contributed by atoms with Gasteiger partial charge in [-0.1, -0.05) is 32.9 Å². The maximum absolute atomic E-state index is 11.9. The number of rotatable bonds is 5. The average Bonchev–Trinajstić information content (AvgIpc) is 2.52. The number of thioether (sulfide) groups is 1.